The lowest BCUT2D eigenvalue weighted by Crippen LogP contribution is -2.45. The van der Waals surface area contributed by atoms with Gasteiger partial charge in [0.2, 0.25) is 0 Å². The van der Waals surface area contributed by atoms with Crippen LogP contribution >= 0.6 is 0 Å². The first kappa shape index (κ1) is 16.4. The molecule has 2 aliphatic rings. The fourth-order valence-corrected chi connectivity index (χ4v) is 3.70. The number of rotatable bonds is 4. The summed E-state index contributed by atoms with van der Waals surface area (Å²) in [6.45, 7) is 0.466. The van der Waals surface area contributed by atoms with Crippen LogP contribution < -0.4 is 0 Å². The molecule has 0 saturated carbocycles. The molecule has 24 heavy (non-hydrogen) atoms. The molecule has 3 rings (SSSR count). The largest absolute Gasteiger partial charge is 0.469 e. The molecule has 0 unspecified atom stereocenters. The van der Waals surface area contributed by atoms with Gasteiger partial charge in [-0.2, -0.15) is 0 Å². The number of carbonyl (C=O) groups excluding carboxylic acids is 3. The molecule has 0 N–H and O–H groups in total. The van der Waals surface area contributed by atoms with Crippen LogP contribution in [0, 0.1) is 11.8 Å². The van der Waals surface area contributed by atoms with Gasteiger partial charge in [0, 0.05) is 12.6 Å². The minimum atomic E-state index is -0.862. The van der Waals surface area contributed by atoms with Gasteiger partial charge >= 0.3 is 11.9 Å². The van der Waals surface area contributed by atoms with Gasteiger partial charge in [0.1, 0.15) is 0 Å². The van der Waals surface area contributed by atoms with Crippen LogP contribution in [0.4, 0.5) is 0 Å². The molecule has 1 aromatic rings. The Balaban J connectivity index is 2.00. The Morgan fingerprint density at radius 1 is 1.04 bits per heavy atom. The number of nitrogens with zero attached hydrogens (tertiary/aromatic N) is 1. The highest BCUT2D eigenvalue weighted by atomic mass is 16.5. The molecule has 0 amide bonds. The van der Waals surface area contributed by atoms with Crippen LogP contribution in [0.1, 0.15) is 5.56 Å². The number of ether oxygens (including phenoxy) is 2. The van der Waals surface area contributed by atoms with Gasteiger partial charge in [0.05, 0.1) is 32.1 Å². The number of carbonyl (C=O) groups is 3. The summed E-state index contributed by atoms with van der Waals surface area (Å²) in [6, 6.07) is 8.54. The number of esters is 2. The summed E-state index contributed by atoms with van der Waals surface area (Å²) in [5.74, 6) is -2.87. The van der Waals surface area contributed by atoms with E-state index in [9.17, 15) is 14.4 Å². The van der Waals surface area contributed by atoms with E-state index in [1.807, 2.05) is 35.2 Å². The van der Waals surface area contributed by atoms with E-state index in [2.05, 4.69) is 0 Å². The Bertz CT molecular complexity index is 684. The van der Waals surface area contributed by atoms with Crippen molar-refractivity contribution in [1.29, 1.82) is 0 Å². The van der Waals surface area contributed by atoms with Gasteiger partial charge in [0.15, 0.2) is 5.78 Å². The van der Waals surface area contributed by atoms with Crippen LogP contribution in [-0.4, -0.2) is 48.9 Å². The topological polar surface area (TPSA) is 72.9 Å². The Kier molecular flexibility index (Phi) is 4.49. The average molecular weight is 329 g/mol. The SMILES string of the molecule is COC(=O)[C@@H]1[C@H](C(=O)OC)[C@@H]2C=CC(=O)[C@H]1N2Cc1ccccc1. The van der Waals surface area contributed by atoms with Crippen molar-refractivity contribution in [3.63, 3.8) is 0 Å². The molecule has 0 aliphatic carbocycles. The first-order valence-electron chi connectivity index (χ1n) is 7.76. The summed E-state index contributed by atoms with van der Waals surface area (Å²) in [7, 11) is 2.55. The van der Waals surface area contributed by atoms with Gasteiger partial charge in [-0.25, -0.2) is 0 Å². The maximum absolute atomic E-state index is 12.5. The number of hydrogen-bond donors (Lipinski definition) is 0. The van der Waals surface area contributed by atoms with E-state index in [1.165, 1.54) is 20.3 Å². The van der Waals surface area contributed by atoms with Gasteiger partial charge in [-0.15, -0.1) is 0 Å². The monoisotopic (exact) mass is 329 g/mol. The van der Waals surface area contributed by atoms with Crippen LogP contribution in [0.2, 0.25) is 0 Å². The normalized spacial score (nSPS) is 28.7. The van der Waals surface area contributed by atoms with Gasteiger partial charge in [0.25, 0.3) is 0 Å². The number of methoxy groups -OCH3 is 2. The van der Waals surface area contributed by atoms with Crippen molar-refractivity contribution >= 4 is 17.7 Å². The second kappa shape index (κ2) is 6.57. The Hall–Kier alpha value is -2.47. The minimum absolute atomic E-state index is 0.191. The quantitative estimate of drug-likeness (QED) is 0.766. The van der Waals surface area contributed by atoms with Crippen LogP contribution in [0.3, 0.4) is 0 Å². The van der Waals surface area contributed by atoms with Crippen molar-refractivity contribution in [2.45, 2.75) is 18.6 Å². The molecule has 6 nitrogen and oxygen atoms in total. The second-order valence-electron chi connectivity index (χ2n) is 5.95. The maximum atomic E-state index is 12.5. The van der Waals surface area contributed by atoms with Crippen molar-refractivity contribution in [2.24, 2.45) is 11.8 Å². The predicted molar refractivity (Wildman–Crippen MR) is 84.7 cm³/mol. The molecule has 1 fully saturated rings. The second-order valence-corrected chi connectivity index (χ2v) is 5.95. The zero-order chi connectivity index (χ0) is 17.3. The molecule has 1 saturated heterocycles. The third kappa shape index (κ3) is 2.63. The highest BCUT2D eigenvalue weighted by Crippen LogP contribution is 2.41. The lowest BCUT2D eigenvalue weighted by Gasteiger charge is -2.31. The molecular formula is C18H19NO5. The highest BCUT2D eigenvalue weighted by Gasteiger charge is 2.58. The molecule has 0 aromatic heterocycles. The van der Waals surface area contributed by atoms with E-state index in [4.69, 9.17) is 9.47 Å². The van der Waals surface area contributed by atoms with Crippen molar-refractivity contribution in [3.05, 3.63) is 48.0 Å². The lowest BCUT2D eigenvalue weighted by molar-refractivity contribution is -0.157. The maximum Gasteiger partial charge on any atom is 0.311 e. The fraction of sp³-hybridized carbons (Fsp3) is 0.389. The van der Waals surface area contributed by atoms with Gasteiger partial charge in [-0.1, -0.05) is 36.4 Å². The van der Waals surface area contributed by atoms with Crippen molar-refractivity contribution in [3.8, 4) is 0 Å². The summed E-state index contributed by atoms with van der Waals surface area (Å²) in [5.41, 5.74) is 1.00. The molecule has 2 aliphatic heterocycles. The summed E-state index contributed by atoms with van der Waals surface area (Å²) in [4.78, 5) is 38.9. The molecular weight excluding hydrogens is 310 g/mol. The summed E-state index contributed by atoms with van der Waals surface area (Å²) < 4.78 is 9.74. The Labute approximate surface area is 140 Å². The summed E-state index contributed by atoms with van der Waals surface area (Å²) in [6.07, 6.45) is 3.14. The van der Waals surface area contributed by atoms with Gasteiger partial charge in [-0.05, 0) is 11.6 Å². The highest BCUT2D eigenvalue weighted by molar-refractivity contribution is 6.01. The molecule has 126 valence electrons. The molecule has 0 radical (unpaired) electrons. The van der Waals surface area contributed by atoms with Crippen LogP contribution in [0.5, 0.6) is 0 Å². The first-order chi connectivity index (χ1) is 11.6. The van der Waals surface area contributed by atoms with E-state index in [-0.39, 0.29) is 11.8 Å². The lowest BCUT2D eigenvalue weighted by atomic mass is 9.87. The fourth-order valence-electron chi connectivity index (χ4n) is 3.70. The molecule has 1 aromatic carbocycles. The molecule has 0 spiro atoms. The van der Waals surface area contributed by atoms with Gasteiger partial charge in [-0.3, -0.25) is 19.3 Å². The van der Waals surface area contributed by atoms with E-state index in [0.29, 0.717) is 6.54 Å². The molecule has 6 heteroatoms. The smallest absolute Gasteiger partial charge is 0.311 e. The summed E-state index contributed by atoms with van der Waals surface area (Å²) >= 11 is 0. The number of hydrogen-bond acceptors (Lipinski definition) is 6. The Morgan fingerprint density at radius 3 is 2.29 bits per heavy atom. The molecule has 4 atom stereocenters. The Morgan fingerprint density at radius 2 is 1.67 bits per heavy atom. The van der Waals surface area contributed by atoms with E-state index < -0.39 is 29.8 Å². The molecule has 2 bridgehead atoms. The first-order valence-corrected chi connectivity index (χ1v) is 7.76. The van der Waals surface area contributed by atoms with Gasteiger partial charge < -0.3 is 9.47 Å². The van der Waals surface area contributed by atoms with Crippen molar-refractivity contribution in [1.82, 2.24) is 4.90 Å². The van der Waals surface area contributed by atoms with Crippen molar-refractivity contribution < 1.29 is 23.9 Å². The van der Waals surface area contributed by atoms with E-state index in [0.717, 1.165) is 5.56 Å². The van der Waals surface area contributed by atoms with Crippen LogP contribution in [0.25, 0.3) is 0 Å². The standard InChI is InChI=1S/C18H19NO5/c1-23-17(21)14-12-8-9-13(20)16(15(14)18(22)24-2)19(12)10-11-6-4-3-5-7-11/h3-9,12,14-16H,10H2,1-2H3/t12-,14+,15+,16+/m0/s1. The third-order valence-electron chi connectivity index (χ3n) is 4.74. The minimum Gasteiger partial charge on any atom is -0.469 e. The number of ketones is 1. The average Bonchev–Trinajstić information content (AvgIpc) is 2.84. The third-order valence-corrected chi connectivity index (χ3v) is 4.74. The van der Waals surface area contributed by atoms with Crippen molar-refractivity contribution in [2.75, 3.05) is 14.2 Å². The van der Waals surface area contributed by atoms with E-state index in [1.54, 1.807) is 6.08 Å². The predicted octanol–water partition coefficient (Wildman–Crippen LogP) is 0.957. The van der Waals surface area contributed by atoms with E-state index >= 15 is 0 Å². The molecule has 2 heterocycles. The zero-order valence-electron chi connectivity index (χ0n) is 13.5. The van der Waals surface area contributed by atoms with Crippen LogP contribution in [0.15, 0.2) is 42.5 Å². The number of benzene rings is 1. The van der Waals surface area contributed by atoms with Crippen LogP contribution in [-0.2, 0) is 30.4 Å². The zero-order valence-corrected chi connectivity index (χ0v) is 13.5. The summed E-state index contributed by atoms with van der Waals surface area (Å²) in [5, 5.41) is 0. The number of fused-ring (bicyclic) bond motifs is 2.